The Kier molecular flexibility index (Phi) is 4.97. The fraction of sp³-hybridized carbons (Fsp3) is 0.611. The van der Waals surface area contributed by atoms with Crippen LogP contribution < -0.4 is 0 Å². The Labute approximate surface area is 143 Å². The van der Waals surface area contributed by atoms with E-state index in [0.717, 1.165) is 12.8 Å². The Morgan fingerprint density at radius 2 is 2.04 bits per heavy atom. The maximum absolute atomic E-state index is 12.5. The molecule has 0 bridgehead atoms. The molecule has 3 rings (SSSR count). The van der Waals surface area contributed by atoms with Gasteiger partial charge in [0.15, 0.2) is 9.84 Å². The van der Waals surface area contributed by atoms with Crippen LogP contribution in [0.4, 0.5) is 0 Å². The van der Waals surface area contributed by atoms with Crippen molar-refractivity contribution in [1.29, 1.82) is 0 Å². The second kappa shape index (κ2) is 6.84. The minimum absolute atomic E-state index is 0.0422. The summed E-state index contributed by atoms with van der Waals surface area (Å²) in [6, 6.07) is 6.11. The highest BCUT2D eigenvalue weighted by atomic mass is 32.2. The molecule has 5 nitrogen and oxygen atoms in total. The molecule has 2 aliphatic heterocycles. The van der Waals surface area contributed by atoms with Gasteiger partial charge in [-0.1, -0.05) is 18.2 Å². The van der Waals surface area contributed by atoms with Gasteiger partial charge < -0.3 is 9.64 Å². The molecule has 2 fully saturated rings. The molecule has 0 radical (unpaired) electrons. The number of hydrogen-bond acceptors (Lipinski definition) is 4. The first-order valence-corrected chi connectivity index (χ1v) is 10.4. The summed E-state index contributed by atoms with van der Waals surface area (Å²) >= 11 is 0. The maximum Gasteiger partial charge on any atom is 0.223 e. The number of aryl methyl sites for hydroxylation is 3. The summed E-state index contributed by atoms with van der Waals surface area (Å²) in [6.45, 7) is 5.12. The third-order valence-corrected chi connectivity index (χ3v) is 6.77. The molecule has 0 spiro atoms. The molecular weight excluding hydrogens is 326 g/mol. The van der Waals surface area contributed by atoms with Crippen molar-refractivity contribution in [2.45, 2.75) is 45.3 Å². The number of nitrogens with zero attached hydrogens (tertiary/aromatic N) is 1. The summed E-state index contributed by atoms with van der Waals surface area (Å²) in [4.78, 5) is 14.3. The van der Waals surface area contributed by atoms with Gasteiger partial charge in [0, 0.05) is 13.0 Å². The van der Waals surface area contributed by atoms with Gasteiger partial charge in [0.05, 0.1) is 30.3 Å². The van der Waals surface area contributed by atoms with E-state index in [0.29, 0.717) is 19.6 Å². The van der Waals surface area contributed by atoms with Crippen LogP contribution in [-0.4, -0.2) is 56.0 Å². The van der Waals surface area contributed by atoms with E-state index in [2.05, 4.69) is 32.0 Å². The van der Waals surface area contributed by atoms with Gasteiger partial charge in [-0.15, -0.1) is 0 Å². The lowest BCUT2D eigenvalue weighted by Crippen LogP contribution is -2.53. The highest BCUT2D eigenvalue weighted by molar-refractivity contribution is 7.91. The van der Waals surface area contributed by atoms with Crippen molar-refractivity contribution < 1.29 is 17.9 Å². The van der Waals surface area contributed by atoms with Crippen molar-refractivity contribution in [1.82, 2.24) is 4.90 Å². The predicted octanol–water partition coefficient (Wildman–Crippen LogP) is 1.65. The molecule has 0 N–H and O–H groups in total. The quantitative estimate of drug-likeness (QED) is 0.827. The number of ether oxygens (including phenoxy) is 1. The van der Waals surface area contributed by atoms with Crippen LogP contribution in [0.25, 0.3) is 0 Å². The van der Waals surface area contributed by atoms with E-state index >= 15 is 0 Å². The fourth-order valence-electron chi connectivity index (χ4n) is 3.57. The zero-order valence-corrected chi connectivity index (χ0v) is 15.1. The van der Waals surface area contributed by atoms with E-state index in [9.17, 15) is 13.2 Å². The summed E-state index contributed by atoms with van der Waals surface area (Å²) in [5, 5.41) is 0. The minimum atomic E-state index is -3.09. The second-order valence-electron chi connectivity index (χ2n) is 6.91. The van der Waals surface area contributed by atoms with Crippen LogP contribution in [0.15, 0.2) is 18.2 Å². The first-order valence-electron chi connectivity index (χ1n) is 8.53. The van der Waals surface area contributed by atoms with Crippen molar-refractivity contribution >= 4 is 15.7 Å². The molecule has 0 aliphatic carbocycles. The van der Waals surface area contributed by atoms with E-state index in [1.807, 2.05) is 0 Å². The summed E-state index contributed by atoms with van der Waals surface area (Å²) in [5.41, 5.74) is 3.79. The number of carbonyl (C=O) groups excluding carboxylic acids is 1. The van der Waals surface area contributed by atoms with Gasteiger partial charge in [-0.2, -0.15) is 0 Å². The monoisotopic (exact) mass is 351 g/mol. The van der Waals surface area contributed by atoms with Crippen molar-refractivity contribution in [3.63, 3.8) is 0 Å². The molecule has 2 unspecified atom stereocenters. The molecule has 2 aliphatic rings. The Balaban J connectivity index is 1.55. The van der Waals surface area contributed by atoms with Crippen molar-refractivity contribution in [3.05, 3.63) is 34.9 Å². The van der Waals surface area contributed by atoms with Gasteiger partial charge in [-0.3, -0.25) is 4.79 Å². The van der Waals surface area contributed by atoms with E-state index in [4.69, 9.17) is 4.74 Å². The van der Waals surface area contributed by atoms with Gasteiger partial charge >= 0.3 is 0 Å². The molecule has 1 aromatic carbocycles. The van der Waals surface area contributed by atoms with Gasteiger partial charge in [0.2, 0.25) is 5.91 Å². The number of benzene rings is 1. The van der Waals surface area contributed by atoms with Crippen molar-refractivity contribution in [2.24, 2.45) is 0 Å². The summed E-state index contributed by atoms with van der Waals surface area (Å²) < 4.78 is 29.2. The molecule has 24 heavy (non-hydrogen) atoms. The number of hydrogen-bond donors (Lipinski definition) is 0. The minimum Gasteiger partial charge on any atom is -0.373 e. The molecule has 0 saturated carbocycles. The Bertz CT molecular complexity index is 729. The standard InChI is InChI=1S/C18H25NO4S/c1-13-6-7-15(10-14(13)2)4-3-5-18(20)19-8-9-23-17-12-24(21,22)11-16(17)19/h6-7,10,16-17H,3-5,8-9,11-12H2,1-2H3. The first kappa shape index (κ1) is 17.4. The summed E-state index contributed by atoms with van der Waals surface area (Å²) in [7, 11) is -3.09. The fourth-order valence-corrected chi connectivity index (χ4v) is 5.44. The number of sulfone groups is 1. The van der Waals surface area contributed by atoms with E-state index in [1.54, 1.807) is 4.90 Å². The van der Waals surface area contributed by atoms with E-state index in [1.165, 1.54) is 16.7 Å². The van der Waals surface area contributed by atoms with Crippen LogP contribution in [0, 0.1) is 13.8 Å². The number of carbonyl (C=O) groups is 1. The van der Waals surface area contributed by atoms with Gasteiger partial charge in [0.25, 0.3) is 0 Å². The van der Waals surface area contributed by atoms with Crippen LogP contribution >= 0.6 is 0 Å². The van der Waals surface area contributed by atoms with Crippen molar-refractivity contribution in [2.75, 3.05) is 24.7 Å². The van der Waals surface area contributed by atoms with Gasteiger partial charge in [-0.05, 0) is 43.4 Å². The van der Waals surface area contributed by atoms with Gasteiger partial charge in [-0.25, -0.2) is 8.42 Å². The largest absolute Gasteiger partial charge is 0.373 e. The number of morpholine rings is 1. The topological polar surface area (TPSA) is 63.7 Å². The summed E-state index contributed by atoms with van der Waals surface area (Å²) in [5.74, 6) is 0.138. The summed E-state index contributed by atoms with van der Waals surface area (Å²) in [6.07, 6.45) is 1.76. The first-order chi connectivity index (χ1) is 11.4. The highest BCUT2D eigenvalue weighted by Crippen LogP contribution is 2.25. The SMILES string of the molecule is Cc1ccc(CCCC(=O)N2CCOC3CS(=O)(=O)CC32)cc1C. The molecule has 132 valence electrons. The molecule has 6 heteroatoms. The highest BCUT2D eigenvalue weighted by Gasteiger charge is 2.45. The molecule has 0 aromatic heterocycles. The zero-order valence-electron chi connectivity index (χ0n) is 14.3. The van der Waals surface area contributed by atoms with Crippen LogP contribution in [0.3, 0.4) is 0 Å². The Hall–Kier alpha value is -1.40. The number of fused-ring (bicyclic) bond motifs is 1. The number of amides is 1. The smallest absolute Gasteiger partial charge is 0.223 e. The third-order valence-electron chi connectivity index (χ3n) is 5.08. The third kappa shape index (κ3) is 3.81. The second-order valence-corrected chi connectivity index (χ2v) is 9.07. The Morgan fingerprint density at radius 1 is 1.25 bits per heavy atom. The molecule has 2 heterocycles. The lowest BCUT2D eigenvalue weighted by Gasteiger charge is -2.36. The zero-order chi connectivity index (χ0) is 17.3. The van der Waals surface area contributed by atoms with E-state index < -0.39 is 9.84 Å². The average Bonchev–Trinajstić information content (AvgIpc) is 2.84. The number of rotatable bonds is 4. The maximum atomic E-state index is 12.5. The molecule has 2 saturated heterocycles. The van der Waals surface area contributed by atoms with Crippen LogP contribution in [-0.2, 0) is 25.8 Å². The van der Waals surface area contributed by atoms with E-state index in [-0.39, 0.29) is 29.6 Å². The van der Waals surface area contributed by atoms with Crippen molar-refractivity contribution in [3.8, 4) is 0 Å². The lowest BCUT2D eigenvalue weighted by molar-refractivity contribution is -0.142. The Morgan fingerprint density at radius 3 is 2.79 bits per heavy atom. The average molecular weight is 351 g/mol. The molecule has 1 amide bonds. The molecule has 1 aromatic rings. The van der Waals surface area contributed by atoms with Crippen LogP contribution in [0.2, 0.25) is 0 Å². The molecular formula is C18H25NO4S. The van der Waals surface area contributed by atoms with Crippen LogP contribution in [0.5, 0.6) is 0 Å². The van der Waals surface area contributed by atoms with Crippen LogP contribution in [0.1, 0.15) is 29.5 Å². The van der Waals surface area contributed by atoms with Gasteiger partial charge in [0.1, 0.15) is 0 Å². The normalized spacial score (nSPS) is 25.5. The molecule has 2 atom stereocenters. The predicted molar refractivity (Wildman–Crippen MR) is 92.7 cm³/mol. The lowest BCUT2D eigenvalue weighted by atomic mass is 10.0.